The van der Waals surface area contributed by atoms with Gasteiger partial charge in [-0.2, -0.15) is 0 Å². The lowest BCUT2D eigenvalue weighted by Gasteiger charge is -2.32. The Morgan fingerprint density at radius 3 is 2.83 bits per heavy atom. The van der Waals surface area contributed by atoms with Crippen LogP contribution < -0.4 is 5.56 Å². The van der Waals surface area contributed by atoms with Gasteiger partial charge >= 0.3 is 0 Å². The largest absolute Gasteiger partial charge is 0.367 e. The van der Waals surface area contributed by atoms with Crippen molar-refractivity contribution in [3.05, 3.63) is 93.7 Å². The van der Waals surface area contributed by atoms with Crippen LogP contribution in [0.2, 0.25) is 0 Å². The molecule has 0 aromatic carbocycles. The number of H-pyrrole nitrogens is 1. The van der Waals surface area contributed by atoms with Crippen LogP contribution in [0.1, 0.15) is 29.6 Å². The van der Waals surface area contributed by atoms with Crippen LogP contribution in [0.15, 0.2) is 65.5 Å². The van der Waals surface area contributed by atoms with Crippen LogP contribution in [0, 0.1) is 6.92 Å². The highest BCUT2D eigenvalue weighted by molar-refractivity contribution is 5.59. The van der Waals surface area contributed by atoms with E-state index in [2.05, 4.69) is 43.5 Å². The second-order valence-corrected chi connectivity index (χ2v) is 7.32. The first-order chi connectivity index (χ1) is 14.0. The van der Waals surface area contributed by atoms with E-state index in [1.165, 1.54) is 17.8 Å². The first-order valence-corrected chi connectivity index (χ1v) is 9.58. The molecule has 1 N–H and O–H groups in total. The van der Waals surface area contributed by atoms with E-state index >= 15 is 0 Å². The molecule has 0 saturated carbocycles. The van der Waals surface area contributed by atoms with Crippen LogP contribution in [0.3, 0.4) is 0 Å². The summed E-state index contributed by atoms with van der Waals surface area (Å²) in [5.74, 6) is 0.531. The lowest BCUT2D eigenvalue weighted by atomic mass is 10.0. The second-order valence-electron chi connectivity index (χ2n) is 7.32. The van der Waals surface area contributed by atoms with Gasteiger partial charge in [0.2, 0.25) is 0 Å². The molecule has 0 fully saturated rings. The Hall–Kier alpha value is -3.54. The second kappa shape index (κ2) is 7.83. The number of nitrogens with one attached hydrogen (secondary N) is 1. The van der Waals surface area contributed by atoms with E-state index < -0.39 is 0 Å². The summed E-state index contributed by atoms with van der Waals surface area (Å²) in [6, 6.07) is 7.66. The van der Waals surface area contributed by atoms with Gasteiger partial charge in [-0.25, -0.2) is 4.98 Å². The van der Waals surface area contributed by atoms with E-state index in [-0.39, 0.29) is 5.56 Å². The molecule has 3 aromatic heterocycles. The monoisotopic (exact) mass is 385 g/mol. The van der Waals surface area contributed by atoms with Gasteiger partial charge in [-0.1, -0.05) is 12.6 Å². The van der Waals surface area contributed by atoms with Crippen LogP contribution in [-0.2, 0) is 13.0 Å². The normalized spacial score (nSPS) is 13.9. The average Bonchev–Trinajstić information content (AvgIpc) is 2.73. The maximum atomic E-state index is 11.5. The van der Waals surface area contributed by atoms with Crippen molar-refractivity contribution in [2.45, 2.75) is 26.8 Å². The topological polar surface area (TPSA) is 74.8 Å². The molecule has 0 amide bonds. The van der Waals surface area contributed by atoms with Crippen LogP contribution in [-0.4, -0.2) is 31.4 Å². The van der Waals surface area contributed by atoms with Crippen molar-refractivity contribution in [3.8, 4) is 11.3 Å². The minimum absolute atomic E-state index is 0.167. The highest BCUT2D eigenvalue weighted by Crippen LogP contribution is 2.27. The van der Waals surface area contributed by atoms with Gasteiger partial charge in [-0.05, 0) is 48.8 Å². The molecule has 0 atom stereocenters. The van der Waals surface area contributed by atoms with E-state index in [1.54, 1.807) is 0 Å². The number of aromatic amines is 1. The fourth-order valence-corrected chi connectivity index (χ4v) is 3.43. The van der Waals surface area contributed by atoms with E-state index in [4.69, 9.17) is 0 Å². The molecule has 4 heterocycles. The molecule has 0 saturated heterocycles. The van der Waals surface area contributed by atoms with E-state index in [9.17, 15) is 4.79 Å². The van der Waals surface area contributed by atoms with E-state index in [1.807, 2.05) is 38.4 Å². The third-order valence-corrected chi connectivity index (χ3v) is 5.13. The molecule has 6 heteroatoms. The summed E-state index contributed by atoms with van der Waals surface area (Å²) in [5.41, 5.74) is 7.12. The van der Waals surface area contributed by atoms with Crippen molar-refractivity contribution in [2.24, 2.45) is 0 Å². The van der Waals surface area contributed by atoms with Crippen molar-refractivity contribution in [3.63, 3.8) is 0 Å². The maximum absolute atomic E-state index is 11.5. The average molecular weight is 385 g/mol. The van der Waals surface area contributed by atoms with Crippen LogP contribution in [0.5, 0.6) is 0 Å². The van der Waals surface area contributed by atoms with Gasteiger partial charge < -0.3 is 9.88 Å². The number of fused-ring (bicyclic) bond motifs is 1. The fourth-order valence-electron chi connectivity index (χ4n) is 3.43. The minimum Gasteiger partial charge on any atom is -0.367 e. The summed E-state index contributed by atoms with van der Waals surface area (Å²) in [4.78, 5) is 29.8. The minimum atomic E-state index is -0.167. The van der Waals surface area contributed by atoms with Gasteiger partial charge in [0.05, 0.1) is 5.69 Å². The third-order valence-electron chi connectivity index (χ3n) is 5.13. The Balaban J connectivity index is 1.55. The molecule has 3 aromatic rings. The summed E-state index contributed by atoms with van der Waals surface area (Å²) in [5, 5.41) is 0. The summed E-state index contributed by atoms with van der Waals surface area (Å²) in [6.07, 6.45) is 8.00. The zero-order valence-corrected chi connectivity index (χ0v) is 16.6. The standard InChI is InChI=1S/C23H23N5O/c1-15-4-5-20(25-12-15)18-11-19-14-28(9-7-21(19)26-13-18)17(3)16(2)10-22-24-8-6-23(29)27-22/h4-6,8,10-13H,3,7,9,14H2,1-2H3,(H,24,27,29)/b16-10-. The molecule has 146 valence electrons. The first kappa shape index (κ1) is 18.8. The number of pyridine rings is 2. The molecule has 0 spiro atoms. The molecule has 0 radical (unpaired) electrons. The van der Waals surface area contributed by atoms with Gasteiger partial charge in [0, 0.05) is 61.1 Å². The van der Waals surface area contributed by atoms with Gasteiger partial charge in [0.25, 0.3) is 5.56 Å². The molecule has 0 bridgehead atoms. The van der Waals surface area contributed by atoms with Crippen molar-refractivity contribution in [1.29, 1.82) is 0 Å². The van der Waals surface area contributed by atoms with Crippen molar-refractivity contribution in [1.82, 2.24) is 24.8 Å². The zero-order chi connectivity index (χ0) is 20.4. The van der Waals surface area contributed by atoms with Crippen LogP contribution in [0.4, 0.5) is 0 Å². The lowest BCUT2D eigenvalue weighted by Crippen LogP contribution is -2.30. The maximum Gasteiger partial charge on any atom is 0.251 e. The van der Waals surface area contributed by atoms with Crippen molar-refractivity contribution < 1.29 is 0 Å². The number of hydrogen-bond donors (Lipinski definition) is 1. The molecule has 0 unspecified atom stereocenters. The van der Waals surface area contributed by atoms with Crippen molar-refractivity contribution >= 4 is 6.08 Å². The van der Waals surface area contributed by atoms with Gasteiger partial charge in [0.15, 0.2) is 0 Å². The molecule has 6 nitrogen and oxygen atoms in total. The summed E-state index contributed by atoms with van der Waals surface area (Å²) in [7, 11) is 0. The molecule has 4 rings (SSSR count). The smallest absolute Gasteiger partial charge is 0.251 e. The Bertz CT molecular complexity index is 1140. The summed E-state index contributed by atoms with van der Waals surface area (Å²) >= 11 is 0. The predicted molar refractivity (Wildman–Crippen MR) is 114 cm³/mol. The van der Waals surface area contributed by atoms with E-state index in [0.29, 0.717) is 5.82 Å². The third kappa shape index (κ3) is 4.16. The number of allylic oxidation sites excluding steroid dienone is 1. The molecule has 0 aliphatic carbocycles. The van der Waals surface area contributed by atoms with Gasteiger partial charge in [-0.3, -0.25) is 14.8 Å². The highest BCUT2D eigenvalue weighted by atomic mass is 16.1. The number of nitrogens with zero attached hydrogens (tertiary/aromatic N) is 4. The molecular weight excluding hydrogens is 362 g/mol. The Morgan fingerprint density at radius 2 is 2.07 bits per heavy atom. The number of aryl methyl sites for hydroxylation is 1. The Morgan fingerprint density at radius 1 is 1.21 bits per heavy atom. The zero-order valence-electron chi connectivity index (χ0n) is 16.6. The van der Waals surface area contributed by atoms with E-state index in [0.717, 1.165) is 53.3 Å². The van der Waals surface area contributed by atoms with Crippen LogP contribution >= 0.6 is 0 Å². The number of hydrogen-bond acceptors (Lipinski definition) is 5. The Labute approximate surface area is 169 Å². The number of rotatable bonds is 4. The van der Waals surface area contributed by atoms with Gasteiger partial charge in [0.1, 0.15) is 5.82 Å². The van der Waals surface area contributed by atoms with Crippen molar-refractivity contribution in [2.75, 3.05) is 6.54 Å². The fraction of sp³-hybridized carbons (Fsp3) is 0.217. The Kier molecular flexibility index (Phi) is 5.08. The SMILES string of the molecule is C=C(/C(C)=C\c1nccc(=O)[nH]1)N1CCc2ncc(-c3ccc(C)cn3)cc2C1. The van der Waals surface area contributed by atoms with Crippen LogP contribution in [0.25, 0.3) is 17.3 Å². The molecule has 1 aliphatic heterocycles. The predicted octanol–water partition coefficient (Wildman–Crippen LogP) is 3.51. The highest BCUT2D eigenvalue weighted by Gasteiger charge is 2.20. The lowest BCUT2D eigenvalue weighted by molar-refractivity contribution is 0.326. The number of aromatic nitrogens is 4. The quantitative estimate of drug-likeness (QED) is 0.696. The summed E-state index contributed by atoms with van der Waals surface area (Å²) in [6.45, 7) is 9.87. The molecule has 1 aliphatic rings. The first-order valence-electron chi connectivity index (χ1n) is 9.58. The van der Waals surface area contributed by atoms with Gasteiger partial charge in [-0.15, -0.1) is 0 Å². The molecule has 29 heavy (non-hydrogen) atoms. The molecular formula is C23H23N5O. The summed E-state index contributed by atoms with van der Waals surface area (Å²) < 4.78 is 0.